The van der Waals surface area contributed by atoms with E-state index in [1.54, 1.807) is 0 Å². The molecule has 1 aromatic carbocycles. The van der Waals surface area contributed by atoms with Gasteiger partial charge in [-0.15, -0.1) is 24.2 Å². The average Bonchev–Trinajstić information content (AvgIpc) is 2.95. The Labute approximate surface area is 184 Å². The van der Waals surface area contributed by atoms with Crippen LogP contribution in [0.25, 0.3) is 0 Å². The van der Waals surface area contributed by atoms with Crippen molar-refractivity contribution in [3.63, 3.8) is 0 Å². The van der Waals surface area contributed by atoms with Crippen LogP contribution in [0.5, 0.6) is 0 Å². The first-order valence-electron chi connectivity index (χ1n) is 10.4. The fraction of sp³-hybridized carbons (Fsp3) is 0.522. The topological polar surface area (TPSA) is 24.9 Å². The summed E-state index contributed by atoms with van der Waals surface area (Å²) in [4.78, 5) is 6.00. The zero-order valence-corrected chi connectivity index (χ0v) is 18.8. The highest BCUT2D eigenvalue weighted by Crippen LogP contribution is 2.36. The second kappa shape index (κ2) is 10.9. The largest absolute Gasteiger partial charge is 0.316 e. The first-order valence-corrected chi connectivity index (χ1v) is 11.7. The minimum atomic E-state index is 0. The van der Waals surface area contributed by atoms with Gasteiger partial charge in [0.05, 0.1) is 10.7 Å². The number of thioether (sulfide) groups is 1. The van der Waals surface area contributed by atoms with Crippen LogP contribution in [0.1, 0.15) is 54.5 Å². The van der Waals surface area contributed by atoms with Crippen molar-refractivity contribution in [2.24, 2.45) is 5.92 Å². The summed E-state index contributed by atoms with van der Waals surface area (Å²) in [6, 6.07) is 8.76. The second-order valence-corrected chi connectivity index (χ2v) is 9.31. The van der Waals surface area contributed by atoms with Crippen molar-refractivity contribution in [2.45, 2.75) is 62.0 Å². The lowest BCUT2D eigenvalue weighted by Crippen LogP contribution is -2.16. The summed E-state index contributed by atoms with van der Waals surface area (Å²) in [6.45, 7) is 2.10. The Kier molecular flexibility index (Phi) is 8.52. The van der Waals surface area contributed by atoms with Gasteiger partial charge in [-0.1, -0.05) is 55.8 Å². The van der Waals surface area contributed by atoms with Gasteiger partial charge in [0.2, 0.25) is 0 Å². The van der Waals surface area contributed by atoms with Crippen molar-refractivity contribution in [3.8, 4) is 0 Å². The lowest BCUT2D eigenvalue weighted by molar-refractivity contribution is 0.356. The molecule has 0 spiro atoms. The molecular weight excluding hydrogens is 407 g/mol. The van der Waals surface area contributed by atoms with E-state index in [-0.39, 0.29) is 12.4 Å². The molecule has 2 aliphatic rings. The third-order valence-corrected chi connectivity index (χ3v) is 7.55. The number of pyridine rings is 1. The van der Waals surface area contributed by atoms with E-state index in [1.165, 1.54) is 60.1 Å². The Morgan fingerprint density at radius 1 is 1.04 bits per heavy atom. The SMILES string of the molecule is Cl.Clc1ccc2c(c1SCc1ccc(CC3CCCCC3)cn1)CCNCC2. The third kappa shape index (κ3) is 5.66. The molecule has 2 nitrogen and oxygen atoms in total. The van der Waals surface area contributed by atoms with Crippen LogP contribution in [0.15, 0.2) is 35.4 Å². The predicted octanol–water partition coefficient (Wildman–Crippen LogP) is 6.26. The number of halogens is 2. The maximum absolute atomic E-state index is 6.55. The van der Waals surface area contributed by atoms with Crippen LogP contribution in [0, 0.1) is 5.92 Å². The molecule has 0 unspecified atom stereocenters. The Morgan fingerprint density at radius 3 is 2.64 bits per heavy atom. The third-order valence-electron chi connectivity index (χ3n) is 5.93. The quantitative estimate of drug-likeness (QED) is 0.559. The first kappa shape index (κ1) is 22.0. The van der Waals surface area contributed by atoms with E-state index in [1.807, 2.05) is 11.8 Å². The maximum atomic E-state index is 6.55. The molecule has 1 N–H and O–H groups in total. The second-order valence-electron chi connectivity index (χ2n) is 7.92. The zero-order chi connectivity index (χ0) is 18.5. The van der Waals surface area contributed by atoms with Crippen molar-refractivity contribution in [1.82, 2.24) is 10.3 Å². The molecule has 0 bridgehead atoms. The monoisotopic (exact) mass is 436 g/mol. The molecule has 152 valence electrons. The molecule has 1 aromatic heterocycles. The van der Waals surface area contributed by atoms with Crippen molar-refractivity contribution < 1.29 is 0 Å². The van der Waals surface area contributed by atoms with Gasteiger partial charge in [0.1, 0.15) is 0 Å². The number of nitrogens with one attached hydrogen (secondary N) is 1. The summed E-state index contributed by atoms with van der Waals surface area (Å²) >= 11 is 8.40. The van der Waals surface area contributed by atoms with Gasteiger partial charge in [-0.25, -0.2) is 0 Å². The Balaban J connectivity index is 0.00000225. The van der Waals surface area contributed by atoms with E-state index in [0.717, 1.165) is 48.3 Å². The average molecular weight is 437 g/mol. The summed E-state index contributed by atoms with van der Waals surface area (Å²) < 4.78 is 0. The molecule has 0 saturated heterocycles. The molecule has 4 rings (SSSR count). The van der Waals surface area contributed by atoms with E-state index in [4.69, 9.17) is 16.6 Å². The molecule has 1 aliphatic heterocycles. The summed E-state index contributed by atoms with van der Waals surface area (Å²) in [5.41, 5.74) is 5.43. The smallest absolute Gasteiger partial charge is 0.0544 e. The van der Waals surface area contributed by atoms with Crippen LogP contribution >= 0.6 is 35.8 Å². The summed E-state index contributed by atoms with van der Waals surface area (Å²) in [5, 5.41) is 4.37. The number of aromatic nitrogens is 1. The van der Waals surface area contributed by atoms with Gasteiger partial charge in [-0.05, 0) is 67.1 Å². The predicted molar refractivity (Wildman–Crippen MR) is 123 cm³/mol. The zero-order valence-electron chi connectivity index (χ0n) is 16.4. The van der Waals surface area contributed by atoms with Crippen LogP contribution < -0.4 is 5.32 Å². The fourth-order valence-corrected chi connectivity index (χ4v) is 5.81. The Bertz CT molecular complexity index is 758. The van der Waals surface area contributed by atoms with E-state index in [2.05, 4.69) is 35.8 Å². The molecule has 1 saturated carbocycles. The standard InChI is InChI=1S/C23H29ClN2S.ClH/c24-22-9-7-19-10-12-25-13-11-21(19)23(22)27-16-20-8-6-18(15-26-20)14-17-4-2-1-3-5-17;/h6-9,15,17,25H,1-5,10-14,16H2;1H. The molecule has 0 radical (unpaired) electrons. The number of rotatable bonds is 5. The highest BCUT2D eigenvalue weighted by Gasteiger charge is 2.16. The highest BCUT2D eigenvalue weighted by atomic mass is 35.5. The minimum Gasteiger partial charge on any atom is -0.316 e. The molecule has 0 amide bonds. The first-order chi connectivity index (χ1) is 13.3. The molecule has 1 aliphatic carbocycles. The van der Waals surface area contributed by atoms with Crippen molar-refractivity contribution in [1.29, 1.82) is 0 Å². The van der Waals surface area contributed by atoms with Gasteiger partial charge in [0, 0.05) is 16.8 Å². The van der Waals surface area contributed by atoms with Crippen molar-refractivity contribution in [2.75, 3.05) is 13.1 Å². The van der Waals surface area contributed by atoms with Gasteiger partial charge >= 0.3 is 0 Å². The van der Waals surface area contributed by atoms with E-state index in [9.17, 15) is 0 Å². The molecule has 28 heavy (non-hydrogen) atoms. The number of hydrogen-bond donors (Lipinski definition) is 1. The summed E-state index contributed by atoms with van der Waals surface area (Å²) in [5.74, 6) is 1.75. The highest BCUT2D eigenvalue weighted by molar-refractivity contribution is 7.98. The van der Waals surface area contributed by atoms with Gasteiger partial charge in [0.15, 0.2) is 0 Å². The molecule has 0 atom stereocenters. The molecular formula is C23H30Cl2N2S. The van der Waals surface area contributed by atoms with Crippen molar-refractivity contribution >= 4 is 35.8 Å². The van der Waals surface area contributed by atoms with Gasteiger partial charge < -0.3 is 5.32 Å². The van der Waals surface area contributed by atoms with Crippen LogP contribution in [0.2, 0.25) is 5.02 Å². The van der Waals surface area contributed by atoms with E-state index >= 15 is 0 Å². The lowest BCUT2D eigenvalue weighted by atomic mass is 9.85. The normalized spacial score (nSPS) is 17.5. The summed E-state index contributed by atoms with van der Waals surface area (Å²) in [6.07, 6.45) is 12.5. The fourth-order valence-electron chi connectivity index (χ4n) is 4.40. The number of fused-ring (bicyclic) bond motifs is 1. The van der Waals surface area contributed by atoms with Crippen LogP contribution in [-0.2, 0) is 25.0 Å². The molecule has 1 fully saturated rings. The number of benzene rings is 1. The molecule has 2 aromatic rings. The maximum Gasteiger partial charge on any atom is 0.0544 e. The lowest BCUT2D eigenvalue weighted by Gasteiger charge is -2.21. The van der Waals surface area contributed by atoms with Gasteiger partial charge in [-0.2, -0.15) is 0 Å². The molecule has 2 heterocycles. The van der Waals surface area contributed by atoms with Gasteiger partial charge in [0.25, 0.3) is 0 Å². The van der Waals surface area contributed by atoms with Crippen LogP contribution in [0.3, 0.4) is 0 Å². The Hall–Kier alpha value is -0.740. The number of nitrogens with zero attached hydrogens (tertiary/aromatic N) is 1. The number of hydrogen-bond acceptors (Lipinski definition) is 3. The van der Waals surface area contributed by atoms with E-state index < -0.39 is 0 Å². The molecule has 5 heteroatoms. The van der Waals surface area contributed by atoms with Crippen molar-refractivity contribution in [3.05, 3.63) is 57.9 Å². The van der Waals surface area contributed by atoms with Crippen LogP contribution in [-0.4, -0.2) is 18.1 Å². The minimum absolute atomic E-state index is 0. The van der Waals surface area contributed by atoms with E-state index in [0.29, 0.717) is 0 Å². The van der Waals surface area contributed by atoms with Gasteiger partial charge in [-0.3, -0.25) is 4.98 Å². The van der Waals surface area contributed by atoms with Crippen LogP contribution in [0.4, 0.5) is 0 Å². The Morgan fingerprint density at radius 2 is 1.86 bits per heavy atom. The summed E-state index contributed by atoms with van der Waals surface area (Å²) in [7, 11) is 0.